The van der Waals surface area contributed by atoms with Crippen molar-refractivity contribution in [3.63, 3.8) is 0 Å². The van der Waals surface area contributed by atoms with Crippen LogP contribution in [0.5, 0.6) is 0 Å². The maximum absolute atomic E-state index is 7.21. The van der Waals surface area contributed by atoms with Crippen LogP contribution in [-0.2, 0) is 0 Å². The van der Waals surface area contributed by atoms with E-state index in [0.29, 0.717) is 0 Å². The van der Waals surface area contributed by atoms with Crippen molar-refractivity contribution in [1.29, 1.82) is 0 Å². The van der Waals surface area contributed by atoms with Crippen LogP contribution in [0.4, 0.5) is 17.1 Å². The number of hydrogen-bond donors (Lipinski definition) is 0. The van der Waals surface area contributed by atoms with Gasteiger partial charge >= 0.3 is 0 Å². The van der Waals surface area contributed by atoms with Gasteiger partial charge in [-0.05, 0) is 121 Å². The van der Waals surface area contributed by atoms with E-state index in [1.165, 1.54) is 51.1 Å². The maximum atomic E-state index is 7.21. The highest BCUT2D eigenvalue weighted by atomic mass is 32.1. The molecule has 4 nitrogen and oxygen atoms in total. The van der Waals surface area contributed by atoms with Gasteiger partial charge in [0.25, 0.3) is 0 Å². The van der Waals surface area contributed by atoms with Crippen LogP contribution in [0.1, 0.15) is 0 Å². The van der Waals surface area contributed by atoms with Crippen molar-refractivity contribution in [2.45, 2.75) is 0 Å². The van der Waals surface area contributed by atoms with E-state index >= 15 is 0 Å². The molecule has 0 unspecified atom stereocenters. The highest BCUT2D eigenvalue weighted by Crippen LogP contribution is 2.47. The van der Waals surface area contributed by atoms with Crippen molar-refractivity contribution in [2.75, 3.05) is 4.90 Å². The third kappa shape index (κ3) is 5.08. The van der Waals surface area contributed by atoms with Gasteiger partial charge in [-0.1, -0.05) is 91.0 Å². The van der Waals surface area contributed by atoms with Crippen LogP contribution in [0, 0.1) is 0 Å². The van der Waals surface area contributed by atoms with E-state index in [9.17, 15) is 0 Å². The van der Waals surface area contributed by atoms with E-state index in [1.54, 1.807) is 0 Å². The Hall–Kier alpha value is -8.16. The van der Waals surface area contributed by atoms with E-state index in [1.807, 2.05) is 22.7 Å². The summed E-state index contributed by atoms with van der Waals surface area (Å²) in [4.78, 5) is 2.42. The van der Waals surface area contributed by atoms with Crippen LogP contribution in [0.2, 0.25) is 0 Å². The van der Waals surface area contributed by atoms with Crippen LogP contribution in [0.15, 0.2) is 217 Å². The third-order valence-electron chi connectivity index (χ3n) is 13.7. The quantitative estimate of drug-likeness (QED) is 0.172. The molecule has 308 valence electrons. The summed E-state index contributed by atoms with van der Waals surface area (Å²) < 4.78 is 17.2. The van der Waals surface area contributed by atoms with Crippen molar-refractivity contribution in [1.82, 2.24) is 9.13 Å². The van der Waals surface area contributed by atoms with Crippen molar-refractivity contribution in [2.24, 2.45) is 0 Å². The number of anilines is 3. The second kappa shape index (κ2) is 13.7. The van der Waals surface area contributed by atoms with E-state index in [2.05, 4.69) is 226 Å². The Morgan fingerprint density at radius 1 is 0.303 bits per heavy atom. The second-order valence-corrected chi connectivity index (χ2v) is 19.4. The number of hydrogen-bond acceptors (Lipinski definition) is 4. The Morgan fingerprint density at radius 3 is 1.26 bits per heavy atom. The minimum Gasteiger partial charge on any atom is -0.455 e. The number of rotatable bonds is 5. The van der Waals surface area contributed by atoms with Crippen LogP contribution in [0.3, 0.4) is 0 Å². The van der Waals surface area contributed by atoms with Gasteiger partial charge in [0.1, 0.15) is 11.2 Å². The molecule has 5 aromatic heterocycles. The Balaban J connectivity index is 0.921. The predicted molar refractivity (Wildman–Crippen MR) is 283 cm³/mol. The molecule has 0 aliphatic carbocycles. The summed E-state index contributed by atoms with van der Waals surface area (Å²) in [6.07, 6.45) is 0. The summed E-state index contributed by atoms with van der Waals surface area (Å²) in [5, 5.41) is 12.0. The molecule has 0 fully saturated rings. The molecule has 0 bridgehead atoms. The SMILES string of the molecule is c1ccc(-n2c3ccccc3c3c4oc5c(ccc6c5c5ccccc5n6-c5ccc(N(c6ccc7sc8ccccc8c7c6)c6ccc7sc8ccccc8c7c6)cc5)c4ccc32)cc1. The van der Waals surface area contributed by atoms with Gasteiger partial charge in [-0.25, -0.2) is 0 Å². The first-order chi connectivity index (χ1) is 32.7. The van der Waals surface area contributed by atoms with Crippen LogP contribution in [-0.4, -0.2) is 9.13 Å². The largest absolute Gasteiger partial charge is 0.455 e. The maximum Gasteiger partial charge on any atom is 0.145 e. The second-order valence-electron chi connectivity index (χ2n) is 17.2. The molecule has 0 amide bonds. The molecule has 66 heavy (non-hydrogen) atoms. The molecule has 6 heteroatoms. The third-order valence-corrected chi connectivity index (χ3v) is 16.0. The normalized spacial score (nSPS) is 12.2. The molecule has 0 aliphatic rings. The highest BCUT2D eigenvalue weighted by molar-refractivity contribution is 7.26. The lowest BCUT2D eigenvalue weighted by atomic mass is 10.1. The fourth-order valence-corrected chi connectivity index (χ4v) is 13.0. The molecule has 10 aromatic carbocycles. The number of nitrogens with zero attached hydrogens (tertiary/aromatic N) is 3. The first-order valence-electron chi connectivity index (χ1n) is 22.3. The molecule has 0 aliphatic heterocycles. The van der Waals surface area contributed by atoms with Crippen molar-refractivity contribution < 1.29 is 4.42 Å². The summed E-state index contributed by atoms with van der Waals surface area (Å²) in [5.74, 6) is 0. The number of thiophene rings is 2. The Morgan fingerprint density at radius 2 is 0.727 bits per heavy atom. The lowest BCUT2D eigenvalue weighted by molar-refractivity contribution is 0.677. The molecule has 15 rings (SSSR count). The molecular formula is C60H35N3OS2. The monoisotopic (exact) mass is 877 g/mol. The zero-order chi connectivity index (χ0) is 43.0. The van der Waals surface area contributed by atoms with E-state index in [-0.39, 0.29) is 0 Å². The van der Waals surface area contributed by atoms with Gasteiger partial charge in [0.2, 0.25) is 0 Å². The minimum absolute atomic E-state index is 0.914. The molecular weight excluding hydrogens is 843 g/mol. The van der Waals surface area contributed by atoms with Crippen LogP contribution in [0.25, 0.3) is 117 Å². The van der Waals surface area contributed by atoms with Crippen molar-refractivity contribution >= 4 is 146 Å². The Kier molecular flexibility index (Phi) is 7.50. The molecule has 0 spiro atoms. The number of fused-ring (bicyclic) bond motifs is 17. The summed E-state index contributed by atoms with van der Waals surface area (Å²) in [6.45, 7) is 0. The van der Waals surface area contributed by atoms with Gasteiger partial charge in [0.15, 0.2) is 0 Å². The van der Waals surface area contributed by atoms with Crippen molar-refractivity contribution in [3.8, 4) is 11.4 Å². The van der Waals surface area contributed by atoms with E-state index in [0.717, 1.165) is 83.2 Å². The average Bonchev–Trinajstić information content (AvgIpc) is 4.19. The fraction of sp³-hybridized carbons (Fsp3) is 0. The molecule has 15 aromatic rings. The van der Waals surface area contributed by atoms with Gasteiger partial charge in [-0.3, -0.25) is 0 Å². The number of aromatic nitrogens is 2. The van der Waals surface area contributed by atoms with Gasteiger partial charge < -0.3 is 18.5 Å². The number of furan rings is 1. The molecule has 5 heterocycles. The zero-order valence-corrected chi connectivity index (χ0v) is 36.9. The highest BCUT2D eigenvalue weighted by Gasteiger charge is 2.23. The summed E-state index contributed by atoms with van der Waals surface area (Å²) in [6, 6.07) is 77.6. The van der Waals surface area contributed by atoms with Crippen molar-refractivity contribution in [3.05, 3.63) is 212 Å². The molecule has 0 saturated carbocycles. The lowest BCUT2D eigenvalue weighted by Gasteiger charge is -2.26. The Bertz CT molecular complexity index is 4360. The fourth-order valence-electron chi connectivity index (χ4n) is 10.8. The van der Waals surface area contributed by atoms with Gasteiger partial charge in [-0.15, -0.1) is 22.7 Å². The smallest absolute Gasteiger partial charge is 0.145 e. The molecule has 0 saturated heterocycles. The first-order valence-corrected chi connectivity index (χ1v) is 24.0. The number of para-hydroxylation sites is 3. The molecule has 0 radical (unpaired) electrons. The summed E-state index contributed by atoms with van der Waals surface area (Å²) >= 11 is 3.71. The molecule has 0 atom stereocenters. The average molecular weight is 878 g/mol. The lowest BCUT2D eigenvalue weighted by Crippen LogP contribution is -2.10. The summed E-state index contributed by atoms with van der Waals surface area (Å²) in [7, 11) is 0. The minimum atomic E-state index is 0.914. The number of benzene rings is 10. The van der Waals surface area contributed by atoms with Crippen LogP contribution < -0.4 is 4.90 Å². The topological polar surface area (TPSA) is 26.2 Å². The first kappa shape index (κ1) is 36.2. The van der Waals surface area contributed by atoms with E-state index < -0.39 is 0 Å². The summed E-state index contributed by atoms with van der Waals surface area (Å²) in [5.41, 5.74) is 12.0. The van der Waals surface area contributed by atoms with Crippen LogP contribution >= 0.6 is 22.7 Å². The molecule has 0 N–H and O–H groups in total. The predicted octanol–water partition coefficient (Wildman–Crippen LogP) is 18.0. The van der Waals surface area contributed by atoms with Gasteiger partial charge in [0.05, 0.1) is 32.8 Å². The van der Waals surface area contributed by atoms with Gasteiger partial charge in [-0.2, -0.15) is 0 Å². The van der Waals surface area contributed by atoms with Gasteiger partial charge in [0, 0.05) is 90.3 Å². The standard InChI is InChI=1S/C60H35N3OS2/c1-2-12-36(13-3-1)62-49-18-8-4-16-45(49)57-51(62)30-28-43-44-29-31-52-58(60(44)64-59(43)57)46-17-5-9-19-50(46)63(52)38-24-22-37(23-25-38)61(39-26-32-55-47(34-39)41-14-6-10-20-53(41)65-55)40-27-33-56-48(35-40)42-15-7-11-21-54(42)66-56/h1-35H. The zero-order valence-electron chi connectivity index (χ0n) is 35.3. The van der Waals surface area contributed by atoms with E-state index in [4.69, 9.17) is 4.42 Å². The Labute approximate surface area is 385 Å².